The predicted octanol–water partition coefficient (Wildman–Crippen LogP) is 2.42. The van der Waals surface area contributed by atoms with Gasteiger partial charge in [-0.25, -0.2) is 9.69 Å². The van der Waals surface area contributed by atoms with Crippen LogP contribution < -0.4 is 0 Å². The summed E-state index contributed by atoms with van der Waals surface area (Å²) in [5.74, 6) is -0.328. The Morgan fingerprint density at radius 1 is 1.40 bits per heavy atom. The maximum Gasteiger partial charge on any atom is 0.417 e. The van der Waals surface area contributed by atoms with Gasteiger partial charge in [-0.3, -0.25) is 4.79 Å². The van der Waals surface area contributed by atoms with Gasteiger partial charge in [-0.15, -0.1) is 6.58 Å². The van der Waals surface area contributed by atoms with Crippen LogP contribution in [0, 0.1) is 0 Å². The van der Waals surface area contributed by atoms with E-state index in [0.29, 0.717) is 18.8 Å². The molecule has 1 aromatic carbocycles. The molecule has 1 aromatic heterocycles. The summed E-state index contributed by atoms with van der Waals surface area (Å²) in [6.07, 6.45) is 1.15. The van der Waals surface area contributed by atoms with Crippen LogP contribution in [0.15, 0.2) is 43.0 Å². The molecule has 2 heterocycles. The van der Waals surface area contributed by atoms with Gasteiger partial charge in [-0.2, -0.15) is 0 Å². The van der Waals surface area contributed by atoms with Gasteiger partial charge in [0.05, 0.1) is 6.54 Å². The fraction of sp³-hybridized carbons (Fsp3) is 0.200. The van der Waals surface area contributed by atoms with E-state index in [1.165, 1.54) is 0 Å². The Balaban J connectivity index is 2.10. The minimum absolute atomic E-state index is 0.256. The van der Waals surface area contributed by atoms with E-state index in [9.17, 15) is 9.59 Å². The summed E-state index contributed by atoms with van der Waals surface area (Å²) in [5, 5.41) is 0.963. The molecule has 1 fully saturated rings. The highest BCUT2D eigenvalue weighted by molar-refractivity contribution is 6.05. The highest BCUT2D eigenvalue weighted by Crippen LogP contribution is 2.22. The van der Waals surface area contributed by atoms with Crippen LogP contribution in [0.4, 0.5) is 4.79 Å². The minimum Gasteiger partial charge on any atom is -0.447 e. The molecule has 102 valence electrons. The molecule has 1 aliphatic rings. The van der Waals surface area contributed by atoms with Crippen molar-refractivity contribution in [2.45, 2.75) is 6.54 Å². The van der Waals surface area contributed by atoms with E-state index >= 15 is 0 Å². The number of nitrogens with zero attached hydrogens (tertiary/aromatic N) is 2. The molecule has 3 rings (SSSR count). The fourth-order valence-electron chi connectivity index (χ4n) is 2.43. The quantitative estimate of drug-likeness (QED) is 0.805. The number of amides is 2. The molecule has 0 N–H and O–H groups in total. The molecule has 0 bridgehead atoms. The van der Waals surface area contributed by atoms with Crippen LogP contribution in [0.5, 0.6) is 0 Å². The van der Waals surface area contributed by atoms with Crippen LogP contribution in [0.2, 0.25) is 0 Å². The summed E-state index contributed by atoms with van der Waals surface area (Å²) in [6, 6.07) is 9.51. The SMILES string of the molecule is C=CCn1c(C(=O)N2CCOC2=O)cc2ccccc21. The van der Waals surface area contributed by atoms with Crippen molar-refractivity contribution in [2.24, 2.45) is 0 Å². The second-order valence-electron chi connectivity index (χ2n) is 4.56. The number of hydrogen-bond acceptors (Lipinski definition) is 3. The Bertz CT molecular complexity index is 702. The van der Waals surface area contributed by atoms with E-state index in [-0.39, 0.29) is 12.5 Å². The van der Waals surface area contributed by atoms with Crippen LogP contribution in [0.3, 0.4) is 0 Å². The summed E-state index contributed by atoms with van der Waals surface area (Å²) in [5.41, 5.74) is 1.42. The third-order valence-corrected chi connectivity index (χ3v) is 3.35. The van der Waals surface area contributed by atoms with Gasteiger partial charge in [0, 0.05) is 17.4 Å². The summed E-state index contributed by atoms with van der Waals surface area (Å²) >= 11 is 0. The number of aromatic nitrogens is 1. The van der Waals surface area contributed by atoms with Crippen molar-refractivity contribution < 1.29 is 14.3 Å². The first kappa shape index (κ1) is 12.5. The lowest BCUT2D eigenvalue weighted by atomic mass is 10.2. The van der Waals surface area contributed by atoms with Gasteiger partial charge in [0.1, 0.15) is 12.3 Å². The number of fused-ring (bicyclic) bond motifs is 1. The van der Waals surface area contributed by atoms with Gasteiger partial charge in [-0.05, 0) is 12.1 Å². The molecule has 0 unspecified atom stereocenters. The molecule has 0 aliphatic carbocycles. The van der Waals surface area contributed by atoms with Crippen molar-refractivity contribution in [3.8, 4) is 0 Å². The summed E-state index contributed by atoms with van der Waals surface area (Å²) in [4.78, 5) is 25.2. The average molecular weight is 270 g/mol. The van der Waals surface area contributed by atoms with Crippen LogP contribution >= 0.6 is 0 Å². The lowest BCUT2D eigenvalue weighted by Gasteiger charge is -2.13. The second kappa shape index (κ2) is 4.85. The monoisotopic (exact) mass is 270 g/mol. The van der Waals surface area contributed by atoms with Gasteiger partial charge in [-0.1, -0.05) is 24.3 Å². The van der Waals surface area contributed by atoms with Crippen molar-refractivity contribution >= 4 is 22.9 Å². The number of rotatable bonds is 3. The van der Waals surface area contributed by atoms with Gasteiger partial charge < -0.3 is 9.30 Å². The molecular weight excluding hydrogens is 256 g/mol. The van der Waals surface area contributed by atoms with E-state index in [1.54, 1.807) is 12.1 Å². The topological polar surface area (TPSA) is 51.5 Å². The molecule has 2 amide bonds. The Labute approximate surface area is 116 Å². The zero-order valence-corrected chi connectivity index (χ0v) is 10.9. The first-order chi connectivity index (χ1) is 9.72. The van der Waals surface area contributed by atoms with E-state index in [2.05, 4.69) is 6.58 Å². The normalized spacial score (nSPS) is 14.6. The highest BCUT2D eigenvalue weighted by atomic mass is 16.6. The molecular formula is C15H14N2O3. The molecule has 0 spiro atoms. The van der Waals surface area contributed by atoms with Crippen LogP contribution in [0.25, 0.3) is 10.9 Å². The summed E-state index contributed by atoms with van der Waals surface area (Å²) in [7, 11) is 0. The number of benzene rings is 1. The number of allylic oxidation sites excluding steroid dienone is 1. The van der Waals surface area contributed by atoms with Crippen molar-refractivity contribution in [3.63, 3.8) is 0 Å². The van der Waals surface area contributed by atoms with Crippen LogP contribution in [0.1, 0.15) is 10.5 Å². The summed E-state index contributed by atoms with van der Waals surface area (Å²) in [6.45, 7) is 4.78. The maximum absolute atomic E-state index is 12.5. The third-order valence-electron chi connectivity index (χ3n) is 3.35. The third kappa shape index (κ3) is 1.87. The van der Waals surface area contributed by atoms with Crippen LogP contribution in [-0.2, 0) is 11.3 Å². The van der Waals surface area contributed by atoms with E-state index in [0.717, 1.165) is 15.8 Å². The molecule has 1 saturated heterocycles. The number of imide groups is 1. The Morgan fingerprint density at radius 2 is 2.20 bits per heavy atom. The largest absolute Gasteiger partial charge is 0.447 e. The first-order valence-electron chi connectivity index (χ1n) is 6.40. The molecule has 1 aliphatic heterocycles. The highest BCUT2D eigenvalue weighted by Gasteiger charge is 2.31. The number of para-hydroxylation sites is 1. The number of hydrogen-bond donors (Lipinski definition) is 0. The molecule has 5 nitrogen and oxygen atoms in total. The molecule has 0 saturated carbocycles. The lowest BCUT2D eigenvalue weighted by Crippen LogP contribution is -2.33. The standard InChI is InChI=1S/C15H14N2O3/c1-2-7-16-12-6-4-3-5-11(12)10-13(16)14(18)17-8-9-20-15(17)19/h2-6,10H,1,7-9H2. The minimum atomic E-state index is -0.578. The molecule has 2 aromatic rings. The van der Waals surface area contributed by atoms with Crippen LogP contribution in [-0.4, -0.2) is 34.6 Å². The number of carbonyl (C=O) groups is 2. The van der Waals surface area contributed by atoms with Crippen molar-refractivity contribution in [2.75, 3.05) is 13.2 Å². The zero-order chi connectivity index (χ0) is 14.1. The van der Waals surface area contributed by atoms with Gasteiger partial charge in [0.25, 0.3) is 5.91 Å². The average Bonchev–Trinajstić information content (AvgIpc) is 3.03. The number of cyclic esters (lactones) is 1. The molecule has 20 heavy (non-hydrogen) atoms. The molecule has 5 heteroatoms. The number of carbonyl (C=O) groups excluding carboxylic acids is 2. The Morgan fingerprint density at radius 3 is 2.90 bits per heavy atom. The van der Waals surface area contributed by atoms with Gasteiger partial charge >= 0.3 is 6.09 Å². The van der Waals surface area contributed by atoms with Crippen molar-refractivity contribution in [1.82, 2.24) is 9.47 Å². The van der Waals surface area contributed by atoms with E-state index in [1.807, 2.05) is 28.8 Å². The van der Waals surface area contributed by atoms with Crippen molar-refractivity contribution in [1.29, 1.82) is 0 Å². The number of ether oxygens (including phenoxy) is 1. The predicted molar refractivity (Wildman–Crippen MR) is 74.5 cm³/mol. The Kier molecular flexibility index (Phi) is 3.02. The summed E-state index contributed by atoms with van der Waals surface area (Å²) < 4.78 is 6.68. The van der Waals surface area contributed by atoms with Gasteiger partial charge in [0.15, 0.2) is 0 Å². The first-order valence-corrected chi connectivity index (χ1v) is 6.40. The molecule has 0 radical (unpaired) electrons. The van der Waals surface area contributed by atoms with E-state index in [4.69, 9.17) is 4.74 Å². The van der Waals surface area contributed by atoms with E-state index < -0.39 is 6.09 Å². The smallest absolute Gasteiger partial charge is 0.417 e. The van der Waals surface area contributed by atoms with Gasteiger partial charge in [0.2, 0.25) is 0 Å². The van der Waals surface area contributed by atoms with Crippen molar-refractivity contribution in [3.05, 3.63) is 48.7 Å². The second-order valence-corrected chi connectivity index (χ2v) is 4.56. The zero-order valence-electron chi connectivity index (χ0n) is 10.9. The maximum atomic E-state index is 12.5. The lowest BCUT2D eigenvalue weighted by molar-refractivity contribution is 0.0801. The molecule has 0 atom stereocenters. The fourth-order valence-corrected chi connectivity index (χ4v) is 2.43. The Hall–Kier alpha value is -2.56.